The zero-order valence-corrected chi connectivity index (χ0v) is 11.3. The molecule has 0 aliphatic carbocycles. The van der Waals surface area contributed by atoms with Crippen molar-refractivity contribution < 1.29 is 18.8 Å². The third-order valence-electron chi connectivity index (χ3n) is 2.89. The van der Waals surface area contributed by atoms with E-state index in [2.05, 4.69) is 15.1 Å². The van der Waals surface area contributed by atoms with Gasteiger partial charge >= 0.3 is 5.97 Å². The number of nitrogens with zero attached hydrogens (tertiary/aromatic N) is 3. The first-order valence-electron chi connectivity index (χ1n) is 6.16. The summed E-state index contributed by atoms with van der Waals surface area (Å²) < 4.78 is 10.6. The van der Waals surface area contributed by atoms with Crippen LogP contribution in [0, 0.1) is 13.8 Å². The smallest absolute Gasteiger partial charge is 0.335 e. The van der Waals surface area contributed by atoms with Crippen LogP contribution in [0.2, 0.25) is 0 Å². The molecule has 3 aromatic rings. The first-order valence-corrected chi connectivity index (χ1v) is 6.16. The molecule has 0 unspecified atom stereocenters. The Balaban J connectivity index is 2.00. The van der Waals surface area contributed by atoms with Crippen molar-refractivity contribution in [2.45, 2.75) is 13.8 Å². The third kappa shape index (κ3) is 2.40. The summed E-state index contributed by atoms with van der Waals surface area (Å²) in [4.78, 5) is 19.3. The minimum absolute atomic E-state index is 0.158. The first-order chi connectivity index (χ1) is 10.0. The molecule has 106 valence electrons. The van der Waals surface area contributed by atoms with Crippen molar-refractivity contribution in [1.29, 1.82) is 0 Å². The Hall–Kier alpha value is -2.96. The van der Waals surface area contributed by atoms with Crippen molar-refractivity contribution in [3.8, 4) is 23.0 Å². The Morgan fingerprint density at radius 1 is 1.24 bits per heavy atom. The van der Waals surface area contributed by atoms with Gasteiger partial charge in [0.05, 0.1) is 11.3 Å². The van der Waals surface area contributed by atoms with E-state index in [0.717, 1.165) is 0 Å². The van der Waals surface area contributed by atoms with E-state index in [9.17, 15) is 4.79 Å². The van der Waals surface area contributed by atoms with Crippen LogP contribution in [0.4, 0.5) is 0 Å². The lowest BCUT2D eigenvalue weighted by Crippen LogP contribution is -1.96. The van der Waals surface area contributed by atoms with E-state index >= 15 is 0 Å². The van der Waals surface area contributed by atoms with Crippen molar-refractivity contribution in [3.05, 3.63) is 41.4 Å². The highest BCUT2D eigenvalue weighted by Crippen LogP contribution is 2.25. The Morgan fingerprint density at radius 3 is 2.71 bits per heavy atom. The molecule has 2 aromatic heterocycles. The van der Waals surface area contributed by atoms with E-state index in [4.69, 9.17) is 14.0 Å². The fraction of sp³-hybridized carbons (Fsp3) is 0.143. The Kier molecular flexibility index (Phi) is 3.02. The monoisotopic (exact) mass is 285 g/mol. The van der Waals surface area contributed by atoms with Crippen molar-refractivity contribution in [3.63, 3.8) is 0 Å². The number of rotatable bonds is 3. The molecule has 1 N–H and O–H groups in total. The molecule has 0 fully saturated rings. The Bertz CT molecular complexity index is 819. The molecule has 0 atom stereocenters. The SMILES string of the molecule is Cc1nc(C)c(-c2nc(-c3cccc(C(=O)O)c3)no2)o1. The van der Waals surface area contributed by atoms with Gasteiger partial charge < -0.3 is 14.0 Å². The topological polar surface area (TPSA) is 102 Å². The molecular formula is C14H11N3O4. The van der Waals surface area contributed by atoms with Gasteiger partial charge in [-0.25, -0.2) is 9.78 Å². The molecule has 0 aliphatic heterocycles. The highest BCUT2D eigenvalue weighted by atomic mass is 16.5. The molecule has 7 heteroatoms. The first kappa shape index (κ1) is 13.0. The van der Waals surface area contributed by atoms with Crippen LogP contribution in [-0.2, 0) is 0 Å². The number of hydrogen-bond donors (Lipinski definition) is 1. The second-order valence-corrected chi connectivity index (χ2v) is 4.46. The summed E-state index contributed by atoms with van der Waals surface area (Å²) in [7, 11) is 0. The summed E-state index contributed by atoms with van der Waals surface area (Å²) >= 11 is 0. The average Bonchev–Trinajstić information content (AvgIpc) is 3.05. The lowest BCUT2D eigenvalue weighted by molar-refractivity contribution is 0.0697. The molecule has 0 radical (unpaired) electrons. The van der Waals surface area contributed by atoms with Gasteiger partial charge in [-0.05, 0) is 19.1 Å². The molecule has 0 amide bonds. The third-order valence-corrected chi connectivity index (χ3v) is 2.89. The van der Waals surface area contributed by atoms with E-state index in [1.54, 1.807) is 26.0 Å². The zero-order chi connectivity index (χ0) is 15.0. The molecule has 21 heavy (non-hydrogen) atoms. The van der Waals surface area contributed by atoms with Gasteiger partial charge in [0.25, 0.3) is 5.89 Å². The van der Waals surface area contributed by atoms with E-state index < -0.39 is 5.97 Å². The van der Waals surface area contributed by atoms with Gasteiger partial charge in [0.2, 0.25) is 11.6 Å². The van der Waals surface area contributed by atoms with Crippen molar-refractivity contribution in [2.75, 3.05) is 0 Å². The highest BCUT2D eigenvalue weighted by molar-refractivity contribution is 5.89. The van der Waals surface area contributed by atoms with Crippen LogP contribution < -0.4 is 0 Å². The molecular weight excluding hydrogens is 274 g/mol. The normalized spacial score (nSPS) is 10.8. The number of carboxylic acid groups (broad SMARTS) is 1. The van der Waals surface area contributed by atoms with E-state index in [-0.39, 0.29) is 11.5 Å². The molecule has 0 spiro atoms. The highest BCUT2D eigenvalue weighted by Gasteiger charge is 2.18. The van der Waals surface area contributed by atoms with E-state index in [1.165, 1.54) is 12.1 Å². The number of aryl methyl sites for hydroxylation is 2. The predicted octanol–water partition coefficient (Wildman–Crippen LogP) is 2.71. The number of hydrogen-bond acceptors (Lipinski definition) is 6. The van der Waals surface area contributed by atoms with Gasteiger partial charge in [0, 0.05) is 12.5 Å². The summed E-state index contributed by atoms with van der Waals surface area (Å²) in [6.45, 7) is 3.50. The van der Waals surface area contributed by atoms with Crippen molar-refractivity contribution >= 4 is 5.97 Å². The van der Waals surface area contributed by atoms with Gasteiger partial charge in [-0.15, -0.1) is 0 Å². The minimum atomic E-state index is -1.01. The van der Waals surface area contributed by atoms with Crippen molar-refractivity contribution in [2.24, 2.45) is 0 Å². The van der Waals surface area contributed by atoms with Crippen LogP contribution in [-0.4, -0.2) is 26.2 Å². The molecule has 1 aromatic carbocycles. The average molecular weight is 285 g/mol. The number of aromatic carboxylic acids is 1. The van der Waals surface area contributed by atoms with Crippen LogP contribution in [0.25, 0.3) is 23.0 Å². The Labute approximate surface area is 119 Å². The van der Waals surface area contributed by atoms with E-state index in [1.807, 2.05) is 0 Å². The number of carbonyl (C=O) groups is 1. The summed E-state index contributed by atoms with van der Waals surface area (Å²) in [5, 5.41) is 12.8. The molecule has 3 rings (SSSR count). The fourth-order valence-electron chi connectivity index (χ4n) is 1.95. The van der Waals surface area contributed by atoms with Crippen LogP contribution in [0.15, 0.2) is 33.2 Å². The molecule has 7 nitrogen and oxygen atoms in total. The van der Waals surface area contributed by atoms with Gasteiger partial charge in [0.1, 0.15) is 0 Å². The van der Waals surface area contributed by atoms with Crippen molar-refractivity contribution in [1.82, 2.24) is 15.1 Å². The van der Waals surface area contributed by atoms with Crippen LogP contribution in [0.3, 0.4) is 0 Å². The molecule has 0 aliphatic rings. The number of aromatic nitrogens is 3. The number of oxazole rings is 1. The van der Waals surface area contributed by atoms with Gasteiger partial charge in [-0.1, -0.05) is 17.3 Å². The minimum Gasteiger partial charge on any atom is -0.478 e. The van der Waals surface area contributed by atoms with Crippen LogP contribution in [0.1, 0.15) is 21.9 Å². The summed E-state index contributed by atoms with van der Waals surface area (Å²) in [6.07, 6.45) is 0. The molecule has 0 saturated heterocycles. The standard InChI is InChI=1S/C14H11N3O4/c1-7-11(20-8(2)15-7)13-16-12(17-21-13)9-4-3-5-10(6-9)14(18)19/h3-6H,1-2H3,(H,18,19). The maximum Gasteiger partial charge on any atom is 0.335 e. The van der Waals surface area contributed by atoms with Crippen LogP contribution >= 0.6 is 0 Å². The van der Waals surface area contributed by atoms with Gasteiger partial charge in [-0.3, -0.25) is 0 Å². The number of benzene rings is 1. The molecule has 0 bridgehead atoms. The number of carboxylic acids is 1. The lowest BCUT2D eigenvalue weighted by Gasteiger charge is -1.96. The summed E-state index contributed by atoms with van der Waals surface area (Å²) in [6, 6.07) is 6.31. The molecule has 2 heterocycles. The predicted molar refractivity (Wildman–Crippen MR) is 71.7 cm³/mol. The second-order valence-electron chi connectivity index (χ2n) is 4.46. The van der Waals surface area contributed by atoms with Gasteiger partial charge in [-0.2, -0.15) is 4.98 Å². The quantitative estimate of drug-likeness (QED) is 0.789. The van der Waals surface area contributed by atoms with E-state index in [0.29, 0.717) is 28.7 Å². The lowest BCUT2D eigenvalue weighted by atomic mass is 10.1. The van der Waals surface area contributed by atoms with Crippen LogP contribution in [0.5, 0.6) is 0 Å². The maximum absolute atomic E-state index is 11.0. The summed E-state index contributed by atoms with van der Waals surface area (Å²) in [5.74, 6) is 0.420. The molecule has 0 saturated carbocycles. The summed E-state index contributed by atoms with van der Waals surface area (Å²) in [5.41, 5.74) is 1.37. The second kappa shape index (κ2) is 4.86. The zero-order valence-electron chi connectivity index (χ0n) is 11.3. The fourth-order valence-corrected chi connectivity index (χ4v) is 1.95. The largest absolute Gasteiger partial charge is 0.478 e. The maximum atomic E-state index is 11.0. The Morgan fingerprint density at radius 2 is 2.05 bits per heavy atom. The van der Waals surface area contributed by atoms with Gasteiger partial charge in [0.15, 0.2) is 5.89 Å².